The smallest absolute Gasteiger partial charge is 0.224 e. The lowest BCUT2D eigenvalue weighted by molar-refractivity contribution is 0.126. The fourth-order valence-corrected chi connectivity index (χ4v) is 3.60. The highest BCUT2D eigenvalue weighted by molar-refractivity contribution is 5.72. The molecule has 29 heavy (non-hydrogen) atoms. The van der Waals surface area contributed by atoms with Crippen LogP contribution < -0.4 is 10.6 Å². The summed E-state index contributed by atoms with van der Waals surface area (Å²) in [7, 11) is 4.10. The maximum absolute atomic E-state index is 9.80. The third-order valence-electron chi connectivity index (χ3n) is 5.24. The molecular formula is C22H34N6O. The zero-order valence-corrected chi connectivity index (χ0v) is 17.9. The number of hydrogen-bond acceptors (Lipinski definition) is 7. The number of unbranched alkanes of at least 4 members (excludes halogenated alkanes) is 1. The highest BCUT2D eigenvalue weighted by Gasteiger charge is 2.21. The van der Waals surface area contributed by atoms with E-state index >= 15 is 0 Å². The summed E-state index contributed by atoms with van der Waals surface area (Å²) in [6.07, 6.45) is 9.37. The molecule has 0 aliphatic heterocycles. The maximum Gasteiger partial charge on any atom is 0.224 e. The van der Waals surface area contributed by atoms with E-state index < -0.39 is 0 Å². The van der Waals surface area contributed by atoms with Crippen molar-refractivity contribution in [3.63, 3.8) is 0 Å². The van der Waals surface area contributed by atoms with Crippen molar-refractivity contribution in [1.29, 1.82) is 0 Å². The summed E-state index contributed by atoms with van der Waals surface area (Å²) in [4.78, 5) is 16.1. The SMILES string of the molecule is CCCCNc1ncc(-c2ccc(CN(C)C)cn2)c(N[C@H]2CC[C@H](O)CC2)n1. The number of pyridine rings is 1. The van der Waals surface area contributed by atoms with Crippen LogP contribution in [0.1, 0.15) is 51.0 Å². The Hall–Kier alpha value is -2.25. The third kappa shape index (κ3) is 6.37. The molecule has 0 amide bonds. The number of nitrogens with one attached hydrogen (secondary N) is 2. The van der Waals surface area contributed by atoms with Crippen LogP contribution in [0.15, 0.2) is 24.5 Å². The van der Waals surface area contributed by atoms with Crippen LogP contribution in [0, 0.1) is 0 Å². The van der Waals surface area contributed by atoms with Gasteiger partial charge in [-0.15, -0.1) is 0 Å². The standard InChI is InChI=1S/C22H34N6O/c1-4-5-12-23-22-25-14-19(20-11-6-16(13-24-20)15-28(2)3)21(27-22)26-17-7-9-18(29)10-8-17/h6,11,13-14,17-18,29H,4-5,7-10,12,15H2,1-3H3,(H2,23,25,26,27)/t17-,18-. The van der Waals surface area contributed by atoms with E-state index in [1.165, 1.54) is 5.56 Å². The van der Waals surface area contributed by atoms with Crippen LogP contribution in [0.25, 0.3) is 11.3 Å². The maximum atomic E-state index is 9.80. The first-order chi connectivity index (χ1) is 14.0. The van der Waals surface area contributed by atoms with Gasteiger partial charge in [-0.05, 0) is 57.8 Å². The molecule has 7 heteroatoms. The third-order valence-corrected chi connectivity index (χ3v) is 5.24. The van der Waals surface area contributed by atoms with Crippen molar-refractivity contribution in [2.24, 2.45) is 0 Å². The number of hydrogen-bond donors (Lipinski definition) is 3. The largest absolute Gasteiger partial charge is 0.393 e. The Kier molecular flexibility index (Phi) is 7.77. The molecule has 1 fully saturated rings. The van der Waals surface area contributed by atoms with E-state index in [1.54, 1.807) is 0 Å². The van der Waals surface area contributed by atoms with Crippen LogP contribution in [0.2, 0.25) is 0 Å². The zero-order chi connectivity index (χ0) is 20.6. The summed E-state index contributed by atoms with van der Waals surface area (Å²) in [5.41, 5.74) is 2.95. The predicted octanol–water partition coefficient (Wildman–Crippen LogP) is 3.53. The number of anilines is 2. The van der Waals surface area contributed by atoms with Gasteiger partial charge in [0.2, 0.25) is 5.95 Å². The predicted molar refractivity (Wildman–Crippen MR) is 118 cm³/mol. The Morgan fingerprint density at radius 2 is 1.90 bits per heavy atom. The van der Waals surface area contributed by atoms with Crippen LogP contribution in [0.3, 0.4) is 0 Å². The molecule has 1 aliphatic rings. The highest BCUT2D eigenvalue weighted by Crippen LogP contribution is 2.29. The van der Waals surface area contributed by atoms with Crippen molar-refractivity contribution in [1.82, 2.24) is 19.9 Å². The van der Waals surface area contributed by atoms with Crippen molar-refractivity contribution < 1.29 is 5.11 Å². The summed E-state index contributed by atoms with van der Waals surface area (Å²) >= 11 is 0. The van der Waals surface area contributed by atoms with E-state index in [2.05, 4.69) is 52.6 Å². The van der Waals surface area contributed by atoms with Gasteiger partial charge in [0.25, 0.3) is 0 Å². The number of nitrogens with zero attached hydrogens (tertiary/aromatic N) is 4. The molecule has 0 radical (unpaired) electrons. The first-order valence-electron chi connectivity index (χ1n) is 10.7. The fourth-order valence-electron chi connectivity index (χ4n) is 3.60. The molecule has 0 unspecified atom stereocenters. The molecule has 2 aromatic rings. The van der Waals surface area contributed by atoms with E-state index in [-0.39, 0.29) is 6.10 Å². The van der Waals surface area contributed by atoms with Gasteiger partial charge >= 0.3 is 0 Å². The van der Waals surface area contributed by atoms with Gasteiger partial charge < -0.3 is 20.6 Å². The van der Waals surface area contributed by atoms with E-state index in [0.29, 0.717) is 12.0 Å². The minimum atomic E-state index is -0.171. The molecule has 1 saturated carbocycles. The lowest BCUT2D eigenvalue weighted by Gasteiger charge is -2.27. The lowest BCUT2D eigenvalue weighted by atomic mass is 9.93. The summed E-state index contributed by atoms with van der Waals surface area (Å²) < 4.78 is 0. The number of aromatic nitrogens is 3. The van der Waals surface area contributed by atoms with Gasteiger partial charge in [0.05, 0.1) is 17.4 Å². The van der Waals surface area contributed by atoms with Crippen molar-refractivity contribution in [2.45, 2.75) is 64.1 Å². The lowest BCUT2D eigenvalue weighted by Crippen LogP contribution is -2.29. The molecule has 2 heterocycles. The molecule has 3 N–H and O–H groups in total. The van der Waals surface area contributed by atoms with Gasteiger partial charge in [-0.2, -0.15) is 4.98 Å². The van der Waals surface area contributed by atoms with E-state index in [4.69, 9.17) is 4.98 Å². The van der Waals surface area contributed by atoms with E-state index in [0.717, 1.165) is 68.7 Å². The topological polar surface area (TPSA) is 86.2 Å². The minimum absolute atomic E-state index is 0.171. The second kappa shape index (κ2) is 10.5. The van der Waals surface area contributed by atoms with Crippen LogP contribution in [-0.2, 0) is 6.54 Å². The number of aliphatic hydroxyl groups is 1. The molecule has 0 aromatic carbocycles. The summed E-state index contributed by atoms with van der Waals surface area (Å²) in [6.45, 7) is 3.89. The van der Waals surface area contributed by atoms with Crippen LogP contribution in [0.5, 0.6) is 0 Å². The van der Waals surface area contributed by atoms with Crippen LogP contribution in [-0.4, -0.2) is 57.7 Å². The van der Waals surface area contributed by atoms with Gasteiger partial charge in [0.1, 0.15) is 5.82 Å². The summed E-state index contributed by atoms with van der Waals surface area (Å²) in [5.74, 6) is 1.46. The van der Waals surface area contributed by atoms with Crippen molar-refractivity contribution in [3.05, 3.63) is 30.1 Å². The van der Waals surface area contributed by atoms with Gasteiger partial charge in [-0.3, -0.25) is 4.98 Å². The molecule has 0 spiro atoms. The van der Waals surface area contributed by atoms with Gasteiger partial charge in [-0.1, -0.05) is 19.4 Å². The molecule has 0 atom stereocenters. The second-order valence-corrected chi connectivity index (χ2v) is 8.18. The minimum Gasteiger partial charge on any atom is -0.393 e. The van der Waals surface area contributed by atoms with Crippen molar-refractivity contribution >= 4 is 11.8 Å². The Morgan fingerprint density at radius 3 is 2.55 bits per heavy atom. The molecule has 0 saturated heterocycles. The molecule has 3 rings (SSSR count). The average molecular weight is 399 g/mol. The number of rotatable bonds is 9. The van der Waals surface area contributed by atoms with E-state index in [1.807, 2.05) is 18.5 Å². The molecule has 0 bridgehead atoms. The monoisotopic (exact) mass is 398 g/mol. The van der Waals surface area contributed by atoms with Gasteiger partial charge in [0, 0.05) is 31.5 Å². The first kappa shape index (κ1) is 21.5. The number of aliphatic hydroxyl groups excluding tert-OH is 1. The normalized spacial score (nSPS) is 19.3. The van der Waals surface area contributed by atoms with Crippen LogP contribution >= 0.6 is 0 Å². The average Bonchev–Trinajstić information content (AvgIpc) is 2.71. The van der Waals surface area contributed by atoms with Crippen molar-refractivity contribution in [2.75, 3.05) is 31.3 Å². The first-order valence-corrected chi connectivity index (χ1v) is 10.7. The highest BCUT2D eigenvalue weighted by atomic mass is 16.3. The van der Waals surface area contributed by atoms with Gasteiger partial charge in [0.15, 0.2) is 0 Å². The van der Waals surface area contributed by atoms with E-state index in [9.17, 15) is 5.11 Å². The fraction of sp³-hybridized carbons (Fsp3) is 0.591. The summed E-state index contributed by atoms with van der Waals surface area (Å²) in [5, 5.41) is 16.7. The van der Waals surface area contributed by atoms with Crippen molar-refractivity contribution in [3.8, 4) is 11.3 Å². The molecule has 7 nitrogen and oxygen atoms in total. The molecule has 158 valence electrons. The van der Waals surface area contributed by atoms with Crippen LogP contribution in [0.4, 0.5) is 11.8 Å². The Balaban J connectivity index is 1.82. The Bertz CT molecular complexity index is 756. The second-order valence-electron chi connectivity index (χ2n) is 8.18. The Labute approximate surface area is 174 Å². The molecular weight excluding hydrogens is 364 g/mol. The Morgan fingerprint density at radius 1 is 1.10 bits per heavy atom. The molecule has 1 aliphatic carbocycles. The quantitative estimate of drug-likeness (QED) is 0.557. The molecule has 2 aromatic heterocycles. The summed E-state index contributed by atoms with van der Waals surface area (Å²) in [6, 6.07) is 4.46. The zero-order valence-electron chi connectivity index (χ0n) is 17.9. The van der Waals surface area contributed by atoms with Gasteiger partial charge in [-0.25, -0.2) is 4.98 Å².